The van der Waals surface area contributed by atoms with E-state index < -0.39 is 0 Å². The third-order valence-corrected chi connectivity index (χ3v) is 2.10. The highest BCUT2D eigenvalue weighted by molar-refractivity contribution is 5.89. The van der Waals surface area contributed by atoms with Gasteiger partial charge in [-0.25, -0.2) is 0 Å². The van der Waals surface area contributed by atoms with E-state index in [-0.39, 0.29) is 5.78 Å². The van der Waals surface area contributed by atoms with Crippen LogP contribution >= 0.6 is 0 Å². The van der Waals surface area contributed by atoms with Gasteiger partial charge in [0.15, 0.2) is 5.78 Å². The molecule has 1 rings (SSSR count). The Kier molecular flexibility index (Phi) is 3.86. The number of rotatable bonds is 5. The molecule has 1 nitrogen and oxygen atoms in total. The molecule has 72 valence electrons. The Balaban J connectivity index is 2.55. The van der Waals surface area contributed by atoms with Crippen LogP contribution in [0.5, 0.6) is 0 Å². The third-order valence-electron chi connectivity index (χ3n) is 2.10. The molecule has 0 aromatic heterocycles. The summed E-state index contributed by atoms with van der Waals surface area (Å²) in [5.74, 6) is 0.0952. The Labute approximate surface area is 84.8 Å². The topological polar surface area (TPSA) is 17.1 Å². The number of carbonyl (C=O) groups excluding carboxylic acids is 1. The first-order valence-corrected chi connectivity index (χ1v) is 4.63. The fourth-order valence-corrected chi connectivity index (χ4v) is 1.19. The Morgan fingerprint density at radius 1 is 1.21 bits per heavy atom. The van der Waals surface area contributed by atoms with Gasteiger partial charge in [-0.1, -0.05) is 43.5 Å². The Morgan fingerprint density at radius 2 is 1.86 bits per heavy atom. The first-order chi connectivity index (χ1) is 6.76. The van der Waals surface area contributed by atoms with Crippen LogP contribution in [0.4, 0.5) is 0 Å². The van der Waals surface area contributed by atoms with Crippen LogP contribution in [0.25, 0.3) is 6.08 Å². The Morgan fingerprint density at radius 3 is 2.36 bits per heavy atom. The second kappa shape index (κ2) is 5.18. The van der Waals surface area contributed by atoms with Crippen molar-refractivity contribution in [3.8, 4) is 0 Å². The molecule has 0 N–H and O–H groups in total. The van der Waals surface area contributed by atoms with Gasteiger partial charge in [0.25, 0.3) is 0 Å². The minimum absolute atomic E-state index is 0.0952. The van der Waals surface area contributed by atoms with E-state index in [1.807, 2.05) is 24.3 Å². The SMILES string of the molecule is C=CC(=O)CCc1ccc(C=C)cc1. The van der Waals surface area contributed by atoms with E-state index in [1.54, 1.807) is 6.08 Å². The fourth-order valence-electron chi connectivity index (χ4n) is 1.19. The predicted octanol–water partition coefficient (Wildman–Crippen LogP) is 3.02. The molecule has 1 heteroatoms. The second-order valence-corrected chi connectivity index (χ2v) is 3.12. The highest BCUT2D eigenvalue weighted by atomic mass is 16.1. The molecule has 1 aromatic carbocycles. The lowest BCUT2D eigenvalue weighted by molar-refractivity contribution is -0.114. The molecule has 0 heterocycles. The predicted molar refractivity (Wildman–Crippen MR) is 60.1 cm³/mol. The number of ketones is 1. The van der Waals surface area contributed by atoms with Gasteiger partial charge in [0.2, 0.25) is 0 Å². The summed E-state index contributed by atoms with van der Waals surface area (Å²) in [6.45, 7) is 7.12. The van der Waals surface area contributed by atoms with Gasteiger partial charge in [0, 0.05) is 6.42 Å². The summed E-state index contributed by atoms with van der Waals surface area (Å²) >= 11 is 0. The van der Waals surface area contributed by atoms with Crippen molar-refractivity contribution in [2.24, 2.45) is 0 Å². The van der Waals surface area contributed by atoms with Crippen LogP contribution in [0.3, 0.4) is 0 Å². The van der Waals surface area contributed by atoms with Crippen LogP contribution in [0.1, 0.15) is 17.5 Å². The maximum Gasteiger partial charge on any atom is 0.155 e. The summed E-state index contributed by atoms with van der Waals surface area (Å²) in [7, 11) is 0. The normalized spacial score (nSPS) is 9.43. The van der Waals surface area contributed by atoms with E-state index in [9.17, 15) is 4.79 Å². The molecule has 0 atom stereocenters. The van der Waals surface area contributed by atoms with E-state index in [4.69, 9.17) is 0 Å². The zero-order valence-electron chi connectivity index (χ0n) is 8.20. The van der Waals surface area contributed by atoms with Gasteiger partial charge in [-0.05, 0) is 23.6 Å². The molecule has 0 bridgehead atoms. The van der Waals surface area contributed by atoms with Crippen LogP contribution < -0.4 is 0 Å². The molecule has 1 aromatic rings. The van der Waals surface area contributed by atoms with E-state index >= 15 is 0 Å². The minimum Gasteiger partial charge on any atom is -0.295 e. The van der Waals surface area contributed by atoms with Crippen molar-refractivity contribution in [3.05, 3.63) is 54.6 Å². The summed E-state index contributed by atoms with van der Waals surface area (Å²) < 4.78 is 0. The van der Waals surface area contributed by atoms with Crippen molar-refractivity contribution in [2.75, 3.05) is 0 Å². The molecule has 0 radical (unpaired) electrons. The van der Waals surface area contributed by atoms with Crippen molar-refractivity contribution in [3.63, 3.8) is 0 Å². The lowest BCUT2D eigenvalue weighted by Gasteiger charge is -1.99. The highest BCUT2D eigenvalue weighted by Crippen LogP contribution is 2.07. The molecule has 0 unspecified atom stereocenters. The molecule has 0 aliphatic carbocycles. The number of carbonyl (C=O) groups is 1. The van der Waals surface area contributed by atoms with Gasteiger partial charge >= 0.3 is 0 Å². The molecule has 0 saturated heterocycles. The Bertz CT molecular complexity index is 333. The molecule has 0 spiro atoms. The average Bonchev–Trinajstić information content (AvgIpc) is 2.26. The van der Waals surface area contributed by atoms with Crippen molar-refractivity contribution in [1.82, 2.24) is 0 Å². The summed E-state index contributed by atoms with van der Waals surface area (Å²) in [5.41, 5.74) is 2.27. The molecule has 0 amide bonds. The van der Waals surface area contributed by atoms with E-state index in [0.717, 1.165) is 12.0 Å². The largest absolute Gasteiger partial charge is 0.295 e. The summed E-state index contributed by atoms with van der Waals surface area (Å²) in [6.07, 6.45) is 4.50. The summed E-state index contributed by atoms with van der Waals surface area (Å²) in [5, 5.41) is 0. The molecule has 0 aliphatic rings. The summed E-state index contributed by atoms with van der Waals surface area (Å²) in [6, 6.07) is 8.04. The molecular formula is C13H14O. The molecule has 0 saturated carbocycles. The van der Waals surface area contributed by atoms with Crippen molar-refractivity contribution in [1.29, 1.82) is 0 Å². The van der Waals surface area contributed by atoms with Gasteiger partial charge in [-0.2, -0.15) is 0 Å². The van der Waals surface area contributed by atoms with Gasteiger partial charge in [-0.3, -0.25) is 4.79 Å². The van der Waals surface area contributed by atoms with Gasteiger partial charge < -0.3 is 0 Å². The summed E-state index contributed by atoms with van der Waals surface area (Å²) in [4.78, 5) is 11.0. The molecule has 0 fully saturated rings. The van der Waals surface area contributed by atoms with Crippen LogP contribution in [-0.2, 0) is 11.2 Å². The first kappa shape index (κ1) is 10.5. The maximum atomic E-state index is 11.0. The van der Waals surface area contributed by atoms with Gasteiger partial charge in [-0.15, -0.1) is 0 Å². The molecule has 14 heavy (non-hydrogen) atoms. The van der Waals surface area contributed by atoms with E-state index in [0.29, 0.717) is 6.42 Å². The van der Waals surface area contributed by atoms with Gasteiger partial charge in [0.05, 0.1) is 0 Å². The van der Waals surface area contributed by atoms with Gasteiger partial charge in [0.1, 0.15) is 0 Å². The number of benzene rings is 1. The lowest BCUT2D eigenvalue weighted by Crippen LogP contribution is -1.95. The molecular weight excluding hydrogens is 172 g/mol. The standard InChI is InChI=1S/C13H14O/c1-3-11-5-7-12(8-6-11)9-10-13(14)4-2/h3-8H,1-2,9-10H2. The average molecular weight is 186 g/mol. The van der Waals surface area contributed by atoms with Crippen molar-refractivity contribution in [2.45, 2.75) is 12.8 Å². The minimum atomic E-state index is 0.0952. The van der Waals surface area contributed by atoms with Crippen LogP contribution in [0.2, 0.25) is 0 Å². The monoisotopic (exact) mass is 186 g/mol. The van der Waals surface area contributed by atoms with Crippen molar-refractivity contribution < 1.29 is 4.79 Å². The number of aryl methyl sites for hydroxylation is 1. The zero-order valence-corrected chi connectivity index (χ0v) is 8.20. The van der Waals surface area contributed by atoms with Crippen molar-refractivity contribution >= 4 is 11.9 Å². The zero-order chi connectivity index (χ0) is 10.4. The number of allylic oxidation sites excluding steroid dienone is 1. The lowest BCUT2D eigenvalue weighted by atomic mass is 10.1. The smallest absolute Gasteiger partial charge is 0.155 e. The van der Waals surface area contributed by atoms with Crippen LogP contribution in [0, 0.1) is 0 Å². The van der Waals surface area contributed by atoms with E-state index in [1.165, 1.54) is 11.6 Å². The molecule has 0 aliphatic heterocycles. The third kappa shape index (κ3) is 3.02. The highest BCUT2D eigenvalue weighted by Gasteiger charge is 1.97. The van der Waals surface area contributed by atoms with Crippen LogP contribution in [0.15, 0.2) is 43.5 Å². The second-order valence-electron chi connectivity index (χ2n) is 3.12. The first-order valence-electron chi connectivity index (χ1n) is 4.63. The quantitative estimate of drug-likeness (QED) is 0.646. The Hall–Kier alpha value is -1.63. The fraction of sp³-hybridized carbons (Fsp3) is 0.154. The number of hydrogen-bond donors (Lipinski definition) is 0. The maximum absolute atomic E-state index is 11.0. The van der Waals surface area contributed by atoms with Crippen LogP contribution in [-0.4, -0.2) is 5.78 Å². The van der Waals surface area contributed by atoms with E-state index in [2.05, 4.69) is 13.2 Å². The number of hydrogen-bond acceptors (Lipinski definition) is 1.